The molecule has 0 aromatic heterocycles. The van der Waals surface area contributed by atoms with Crippen molar-refractivity contribution in [2.24, 2.45) is 0 Å². The van der Waals surface area contributed by atoms with Gasteiger partial charge in [-0.15, -0.1) is 0 Å². The first-order valence-corrected chi connectivity index (χ1v) is 4.19. The summed E-state index contributed by atoms with van der Waals surface area (Å²) in [6, 6.07) is 5.70. The Hall–Kier alpha value is -1.64. The number of ether oxygens (including phenoxy) is 1. The van der Waals surface area contributed by atoms with Crippen LogP contribution in [0.3, 0.4) is 0 Å². The van der Waals surface area contributed by atoms with Gasteiger partial charge in [-0.05, 0) is 24.6 Å². The summed E-state index contributed by atoms with van der Waals surface area (Å²) < 4.78 is 17.2. The number of esters is 1. The fourth-order valence-corrected chi connectivity index (χ4v) is 1.14. The van der Waals surface area contributed by atoms with Gasteiger partial charge in [-0.2, -0.15) is 0 Å². The predicted octanol–water partition coefficient (Wildman–Crippen LogP) is 2.40. The van der Waals surface area contributed by atoms with Gasteiger partial charge in [0.15, 0.2) is 0 Å². The van der Waals surface area contributed by atoms with Crippen molar-refractivity contribution in [3.8, 4) is 0 Å². The lowest BCUT2D eigenvalue weighted by molar-refractivity contribution is -0.133. The van der Waals surface area contributed by atoms with Gasteiger partial charge in [0, 0.05) is 0 Å². The van der Waals surface area contributed by atoms with Crippen molar-refractivity contribution in [3.05, 3.63) is 41.7 Å². The summed E-state index contributed by atoms with van der Waals surface area (Å²) in [4.78, 5) is 11.2. The Morgan fingerprint density at radius 3 is 2.36 bits per heavy atom. The van der Waals surface area contributed by atoms with Crippen LogP contribution in [-0.4, -0.2) is 13.1 Å². The molecule has 0 aliphatic heterocycles. The summed E-state index contributed by atoms with van der Waals surface area (Å²) >= 11 is 0. The van der Waals surface area contributed by atoms with Crippen LogP contribution in [0.4, 0.5) is 4.39 Å². The quantitative estimate of drug-likeness (QED) is 0.533. The Labute approximate surface area is 82.0 Å². The molecule has 0 saturated carbocycles. The Morgan fingerprint density at radius 1 is 1.36 bits per heavy atom. The third kappa shape index (κ3) is 2.19. The second kappa shape index (κ2) is 4.56. The van der Waals surface area contributed by atoms with Gasteiger partial charge in [-0.25, -0.2) is 9.18 Å². The van der Waals surface area contributed by atoms with E-state index in [1.807, 2.05) is 0 Å². The first kappa shape index (κ1) is 10.4. The molecule has 0 radical (unpaired) electrons. The number of rotatable bonds is 2. The molecule has 0 bridgehead atoms. The number of allylic oxidation sites excluding steroid dienone is 1. The van der Waals surface area contributed by atoms with E-state index < -0.39 is 5.97 Å². The highest BCUT2D eigenvalue weighted by Gasteiger charge is 2.10. The third-order valence-corrected chi connectivity index (χ3v) is 1.85. The summed E-state index contributed by atoms with van der Waals surface area (Å²) in [6.45, 7) is 1.73. The molecule has 0 aliphatic carbocycles. The molecule has 0 spiro atoms. The first-order chi connectivity index (χ1) is 6.69. The first-order valence-electron chi connectivity index (χ1n) is 4.19. The van der Waals surface area contributed by atoms with Crippen molar-refractivity contribution in [1.29, 1.82) is 0 Å². The lowest BCUT2D eigenvalue weighted by atomic mass is 10.1. The minimum Gasteiger partial charge on any atom is -0.465 e. The van der Waals surface area contributed by atoms with Crippen molar-refractivity contribution in [2.45, 2.75) is 6.92 Å². The van der Waals surface area contributed by atoms with Gasteiger partial charge in [0.2, 0.25) is 0 Å². The number of halogens is 1. The SMILES string of the molecule is C/C=C(/C(=O)OC)c1ccc(F)cc1. The van der Waals surface area contributed by atoms with Gasteiger partial charge >= 0.3 is 5.97 Å². The molecule has 1 rings (SSSR count). The molecule has 14 heavy (non-hydrogen) atoms. The minimum atomic E-state index is -0.417. The van der Waals surface area contributed by atoms with E-state index in [9.17, 15) is 9.18 Å². The standard InChI is InChI=1S/C11H11FO2/c1-3-10(11(13)14-2)8-4-6-9(12)7-5-8/h3-7H,1-2H3/b10-3+. The Morgan fingerprint density at radius 2 is 1.93 bits per heavy atom. The average Bonchev–Trinajstić information content (AvgIpc) is 2.21. The minimum absolute atomic E-state index is 0.325. The lowest BCUT2D eigenvalue weighted by Gasteiger charge is -2.04. The summed E-state index contributed by atoms with van der Waals surface area (Å²) in [5.74, 6) is -0.742. The highest BCUT2D eigenvalue weighted by atomic mass is 19.1. The van der Waals surface area contributed by atoms with Crippen LogP contribution in [0, 0.1) is 5.82 Å². The molecule has 3 heteroatoms. The van der Waals surface area contributed by atoms with E-state index in [0.29, 0.717) is 11.1 Å². The number of hydrogen-bond donors (Lipinski definition) is 0. The number of benzene rings is 1. The van der Waals surface area contributed by atoms with Crippen molar-refractivity contribution in [2.75, 3.05) is 7.11 Å². The van der Waals surface area contributed by atoms with Gasteiger partial charge in [0.1, 0.15) is 5.82 Å². The molecule has 74 valence electrons. The average molecular weight is 194 g/mol. The highest BCUT2D eigenvalue weighted by molar-refractivity contribution is 6.16. The van der Waals surface area contributed by atoms with E-state index in [2.05, 4.69) is 4.74 Å². The molecule has 0 N–H and O–H groups in total. The zero-order valence-electron chi connectivity index (χ0n) is 8.08. The second-order valence-corrected chi connectivity index (χ2v) is 2.70. The zero-order chi connectivity index (χ0) is 10.6. The molecule has 0 aliphatic rings. The van der Waals surface area contributed by atoms with Crippen LogP contribution in [-0.2, 0) is 9.53 Å². The maximum atomic E-state index is 12.6. The number of methoxy groups -OCH3 is 1. The maximum absolute atomic E-state index is 12.6. The number of carbonyl (C=O) groups excluding carboxylic acids is 1. The van der Waals surface area contributed by atoms with Gasteiger partial charge in [-0.3, -0.25) is 0 Å². The monoisotopic (exact) mass is 194 g/mol. The molecular formula is C11H11FO2. The highest BCUT2D eigenvalue weighted by Crippen LogP contribution is 2.15. The normalized spacial score (nSPS) is 11.2. The van der Waals surface area contributed by atoms with E-state index in [1.165, 1.54) is 19.2 Å². The maximum Gasteiger partial charge on any atom is 0.338 e. The molecule has 0 amide bonds. The van der Waals surface area contributed by atoms with Crippen molar-refractivity contribution in [3.63, 3.8) is 0 Å². The van der Waals surface area contributed by atoms with Gasteiger partial charge in [-0.1, -0.05) is 18.2 Å². The number of carbonyl (C=O) groups is 1. The molecule has 1 aromatic rings. The fraction of sp³-hybridized carbons (Fsp3) is 0.182. The van der Waals surface area contributed by atoms with Crippen LogP contribution in [0.1, 0.15) is 12.5 Å². The molecule has 0 fully saturated rings. The molecule has 0 atom stereocenters. The van der Waals surface area contributed by atoms with Gasteiger partial charge < -0.3 is 4.74 Å². The van der Waals surface area contributed by atoms with E-state index in [0.717, 1.165) is 0 Å². The third-order valence-electron chi connectivity index (χ3n) is 1.85. The molecule has 0 heterocycles. The summed E-state index contributed by atoms with van der Waals surface area (Å²) in [5, 5.41) is 0. The zero-order valence-corrected chi connectivity index (χ0v) is 8.08. The number of hydrogen-bond acceptors (Lipinski definition) is 2. The van der Waals surface area contributed by atoms with E-state index >= 15 is 0 Å². The van der Waals surface area contributed by atoms with Gasteiger partial charge in [0.05, 0.1) is 12.7 Å². The van der Waals surface area contributed by atoms with E-state index in [1.54, 1.807) is 25.1 Å². The van der Waals surface area contributed by atoms with E-state index in [-0.39, 0.29) is 5.82 Å². The van der Waals surface area contributed by atoms with Crippen molar-refractivity contribution in [1.82, 2.24) is 0 Å². The smallest absolute Gasteiger partial charge is 0.338 e. The van der Waals surface area contributed by atoms with Crippen LogP contribution in [0.15, 0.2) is 30.3 Å². The van der Waals surface area contributed by atoms with Crippen LogP contribution < -0.4 is 0 Å². The summed E-state index contributed by atoms with van der Waals surface area (Å²) in [5.41, 5.74) is 1.09. The summed E-state index contributed by atoms with van der Waals surface area (Å²) in [6.07, 6.45) is 1.64. The van der Waals surface area contributed by atoms with E-state index in [4.69, 9.17) is 0 Å². The van der Waals surface area contributed by atoms with Crippen LogP contribution >= 0.6 is 0 Å². The molecule has 1 aromatic carbocycles. The Kier molecular flexibility index (Phi) is 3.40. The fourth-order valence-electron chi connectivity index (χ4n) is 1.14. The van der Waals surface area contributed by atoms with Crippen LogP contribution in [0.2, 0.25) is 0 Å². The lowest BCUT2D eigenvalue weighted by Crippen LogP contribution is -2.03. The van der Waals surface area contributed by atoms with Crippen molar-refractivity contribution < 1.29 is 13.9 Å². The van der Waals surface area contributed by atoms with Gasteiger partial charge in [0.25, 0.3) is 0 Å². The predicted molar refractivity (Wildman–Crippen MR) is 52.1 cm³/mol. The topological polar surface area (TPSA) is 26.3 Å². The Bertz CT molecular complexity index is 352. The molecular weight excluding hydrogens is 183 g/mol. The van der Waals surface area contributed by atoms with Crippen LogP contribution in [0.5, 0.6) is 0 Å². The molecule has 0 unspecified atom stereocenters. The largest absolute Gasteiger partial charge is 0.465 e. The van der Waals surface area contributed by atoms with Crippen LogP contribution in [0.25, 0.3) is 5.57 Å². The van der Waals surface area contributed by atoms with Crippen molar-refractivity contribution >= 4 is 11.5 Å². The Balaban J connectivity index is 3.03. The molecule has 0 saturated heterocycles. The second-order valence-electron chi connectivity index (χ2n) is 2.70. The molecule has 2 nitrogen and oxygen atoms in total. The summed E-state index contributed by atoms with van der Waals surface area (Å²) in [7, 11) is 1.31.